The minimum atomic E-state index is -0.546. The summed E-state index contributed by atoms with van der Waals surface area (Å²) in [6.45, 7) is 19.1. The maximum atomic E-state index is 13.4. The molecule has 2 fully saturated rings. The van der Waals surface area contributed by atoms with Crippen LogP contribution in [0.1, 0.15) is 102 Å². The van der Waals surface area contributed by atoms with E-state index in [0.717, 1.165) is 59.2 Å². The van der Waals surface area contributed by atoms with E-state index >= 15 is 0 Å². The zero-order chi connectivity index (χ0) is 51.2. The van der Waals surface area contributed by atoms with Crippen LogP contribution in [0.25, 0.3) is 5.00 Å². The zero-order valence-electron chi connectivity index (χ0n) is 41.8. The number of hydrogen-bond donors (Lipinski definition) is 2. The average molecular weight is 1040 g/mol. The minimum absolute atomic E-state index is 0.101. The van der Waals surface area contributed by atoms with Crippen LogP contribution < -0.4 is 20.3 Å². The van der Waals surface area contributed by atoms with E-state index in [4.69, 9.17) is 51.9 Å². The molecular weight excluding hydrogens is 980 g/mol. The van der Waals surface area contributed by atoms with E-state index < -0.39 is 16.9 Å². The summed E-state index contributed by atoms with van der Waals surface area (Å²) >= 11 is 14.2. The number of nitrogens with zero attached hydrogens (tertiary/aromatic N) is 8. The maximum Gasteiger partial charge on any atom is 0.254 e. The summed E-state index contributed by atoms with van der Waals surface area (Å²) in [5.41, 5.74) is 3.87. The van der Waals surface area contributed by atoms with Crippen molar-refractivity contribution in [1.29, 1.82) is 5.26 Å². The van der Waals surface area contributed by atoms with Crippen molar-refractivity contribution < 1.29 is 33.3 Å². The molecule has 0 radical (unpaired) electrons. The fourth-order valence-electron chi connectivity index (χ4n) is 10.1. The van der Waals surface area contributed by atoms with Crippen molar-refractivity contribution in [2.24, 2.45) is 15.8 Å². The summed E-state index contributed by atoms with van der Waals surface area (Å²) in [5.74, 6) is 2.13. The number of fused-ring (bicyclic) bond motifs is 3. The maximum absolute atomic E-state index is 13.4. The minimum Gasteiger partial charge on any atom is -0.489 e. The van der Waals surface area contributed by atoms with Gasteiger partial charge >= 0.3 is 0 Å². The van der Waals surface area contributed by atoms with Gasteiger partial charge in [0.05, 0.1) is 80.6 Å². The van der Waals surface area contributed by atoms with Gasteiger partial charge in [-0.3, -0.25) is 19.1 Å². The van der Waals surface area contributed by atoms with Gasteiger partial charge in [0.2, 0.25) is 11.9 Å². The summed E-state index contributed by atoms with van der Waals surface area (Å²) in [6, 6.07) is 14.0. The molecule has 2 aliphatic heterocycles. The van der Waals surface area contributed by atoms with Crippen molar-refractivity contribution in [3.8, 4) is 16.8 Å². The number of carbonyl (C=O) groups is 2. The number of amides is 2. The number of halogens is 2. The number of nitrogens with one attached hydrogen (secondary N) is 2. The highest BCUT2D eigenvalue weighted by molar-refractivity contribution is 7.15. The highest BCUT2D eigenvalue weighted by atomic mass is 35.5. The number of aryl methyl sites for hydroxylation is 2. The number of anilines is 1. The summed E-state index contributed by atoms with van der Waals surface area (Å²) in [5, 5.41) is 26.2. The molecule has 382 valence electrons. The van der Waals surface area contributed by atoms with Gasteiger partial charge in [-0.25, -0.2) is 9.97 Å². The van der Waals surface area contributed by atoms with Gasteiger partial charge in [-0.1, -0.05) is 63.0 Å². The number of carbonyl (C=O) groups excluding carboxylic acids is 2. The number of benzene rings is 2. The Morgan fingerprint density at radius 2 is 1.53 bits per heavy atom. The molecule has 2 aromatic carbocycles. The Morgan fingerprint density at radius 1 is 0.875 bits per heavy atom. The van der Waals surface area contributed by atoms with Crippen LogP contribution in [0.5, 0.6) is 5.75 Å². The van der Waals surface area contributed by atoms with Gasteiger partial charge in [0.1, 0.15) is 34.8 Å². The van der Waals surface area contributed by atoms with Crippen LogP contribution in [-0.2, 0) is 23.7 Å². The van der Waals surface area contributed by atoms with Crippen molar-refractivity contribution in [2.75, 3.05) is 70.8 Å². The molecular formula is C52H62Cl2N10O7S. The Balaban J connectivity index is 0.666. The molecule has 20 heteroatoms. The number of thiophene rings is 1. The molecule has 0 unspecified atom stereocenters. The van der Waals surface area contributed by atoms with Crippen LogP contribution in [0.4, 0.5) is 5.95 Å². The Kier molecular flexibility index (Phi) is 17.0. The summed E-state index contributed by atoms with van der Waals surface area (Å²) < 4.78 is 31.6. The molecule has 1 saturated carbocycles. The Bertz CT molecular complexity index is 2770. The molecule has 17 nitrogen and oxygen atoms in total. The Labute approximate surface area is 434 Å². The quantitative estimate of drug-likeness (QED) is 0.0672. The van der Waals surface area contributed by atoms with Gasteiger partial charge in [-0.05, 0) is 63.4 Å². The molecule has 0 bridgehead atoms. The first-order chi connectivity index (χ1) is 34.6. The van der Waals surface area contributed by atoms with Crippen LogP contribution in [-0.4, -0.2) is 126 Å². The lowest BCUT2D eigenvalue weighted by molar-refractivity contribution is -0.164. The van der Waals surface area contributed by atoms with Gasteiger partial charge < -0.3 is 39.2 Å². The van der Waals surface area contributed by atoms with E-state index in [1.54, 1.807) is 41.9 Å². The largest absolute Gasteiger partial charge is 0.489 e. The standard InChI is InChI=1S/C52H62Cl2N10O7S/c1-31-32(2)72-47-43(31)44(34-8-11-37(53)12-9-34)59-41(45-62-61-33(3)64(45)47)27-42(65)56-16-19-67-20-21-68-22-23-69-24-25-70-38-14-17-63(18-15-38)50-57-29-36(30-58-50)46(66)60-48-51(4,5)49(52(48,6)7)71-39-13-10-35(28-55)40(54)26-39/h8-13,26,29-30,38,41,48-49H,14-25,27H2,1-7H3,(H,56,65)(H,60,66)/t41-,48?,49?/m0/s1. The topological polar surface area (TPSA) is 200 Å². The van der Waals surface area contributed by atoms with Gasteiger partial charge in [0.15, 0.2) is 5.82 Å². The molecule has 1 saturated heterocycles. The van der Waals surface area contributed by atoms with E-state index in [2.05, 4.69) is 83.3 Å². The lowest BCUT2D eigenvalue weighted by Gasteiger charge is -2.63. The summed E-state index contributed by atoms with van der Waals surface area (Å²) in [6.07, 6.45) is 4.80. The first kappa shape index (κ1) is 52.8. The zero-order valence-corrected chi connectivity index (χ0v) is 44.1. The summed E-state index contributed by atoms with van der Waals surface area (Å²) in [4.78, 5) is 44.2. The number of rotatable bonds is 21. The van der Waals surface area contributed by atoms with Gasteiger partial charge in [0, 0.05) is 76.0 Å². The molecule has 72 heavy (non-hydrogen) atoms. The molecule has 1 aliphatic carbocycles. The van der Waals surface area contributed by atoms with Crippen molar-refractivity contribution in [3.63, 3.8) is 0 Å². The van der Waals surface area contributed by atoms with Crippen LogP contribution in [0.2, 0.25) is 10.0 Å². The first-order valence-electron chi connectivity index (χ1n) is 24.3. The third-order valence-electron chi connectivity index (χ3n) is 13.7. The highest BCUT2D eigenvalue weighted by Gasteiger charge is 2.64. The predicted molar refractivity (Wildman–Crippen MR) is 276 cm³/mol. The second kappa shape index (κ2) is 23.1. The molecule has 3 aromatic heterocycles. The molecule has 5 heterocycles. The van der Waals surface area contributed by atoms with Crippen molar-refractivity contribution in [3.05, 3.63) is 109 Å². The number of aromatic nitrogens is 5. The van der Waals surface area contributed by atoms with E-state index in [1.165, 1.54) is 4.88 Å². The third kappa shape index (κ3) is 11.8. The van der Waals surface area contributed by atoms with E-state index in [9.17, 15) is 14.9 Å². The first-order valence-corrected chi connectivity index (χ1v) is 25.9. The molecule has 2 amide bonds. The molecule has 5 aromatic rings. The monoisotopic (exact) mass is 1040 g/mol. The number of piperidine rings is 1. The van der Waals surface area contributed by atoms with Crippen LogP contribution in [0.15, 0.2) is 59.9 Å². The molecule has 1 atom stereocenters. The number of ether oxygens (including phenoxy) is 5. The fraction of sp³-hybridized carbons (Fsp3) is 0.500. The van der Waals surface area contributed by atoms with Crippen LogP contribution >= 0.6 is 34.5 Å². The molecule has 3 aliphatic rings. The lowest BCUT2D eigenvalue weighted by atomic mass is 9.49. The van der Waals surface area contributed by atoms with Crippen molar-refractivity contribution in [1.82, 2.24) is 35.4 Å². The molecule has 0 spiro atoms. The third-order valence-corrected chi connectivity index (χ3v) is 15.4. The predicted octanol–water partition coefficient (Wildman–Crippen LogP) is 7.97. The number of aliphatic imine (C=N–C) groups is 1. The smallest absolute Gasteiger partial charge is 0.254 e. The number of hydrogen-bond acceptors (Lipinski definition) is 15. The lowest BCUT2D eigenvalue weighted by Crippen LogP contribution is -2.74. The average Bonchev–Trinajstić information content (AvgIpc) is 3.85. The van der Waals surface area contributed by atoms with Crippen molar-refractivity contribution >= 4 is 58.0 Å². The van der Waals surface area contributed by atoms with E-state index in [-0.39, 0.29) is 36.5 Å². The van der Waals surface area contributed by atoms with Gasteiger partial charge in [0.25, 0.3) is 5.91 Å². The van der Waals surface area contributed by atoms with Crippen molar-refractivity contribution in [2.45, 2.75) is 92.0 Å². The Morgan fingerprint density at radius 3 is 2.18 bits per heavy atom. The normalized spacial score (nSPS) is 19.0. The van der Waals surface area contributed by atoms with Crippen LogP contribution in [0, 0.1) is 42.9 Å². The SMILES string of the molecule is Cc1sc2c(c1C)C(c1ccc(Cl)cc1)=N[C@@H](CC(=O)NCCOCCOCCOCCOC1CCN(c3ncc(C(=O)NC4C(C)(C)C(Oc5ccc(C#N)c(Cl)c5)C4(C)C)cn3)CC1)c1nnc(C)n1-2. The van der Waals surface area contributed by atoms with Gasteiger partial charge in [-0.2, -0.15) is 5.26 Å². The Hall–Kier alpha value is -5.52. The molecule has 2 N–H and O–H groups in total. The second-order valence-electron chi connectivity index (χ2n) is 19.4. The number of nitriles is 1. The highest BCUT2D eigenvalue weighted by Crippen LogP contribution is 2.55. The van der Waals surface area contributed by atoms with E-state index in [0.29, 0.717) is 91.5 Å². The van der Waals surface area contributed by atoms with E-state index in [1.807, 2.05) is 35.8 Å². The molecule has 8 rings (SSSR count). The second-order valence-corrected chi connectivity index (χ2v) is 21.5. The summed E-state index contributed by atoms with van der Waals surface area (Å²) in [7, 11) is 0. The van der Waals surface area contributed by atoms with Crippen LogP contribution in [0.3, 0.4) is 0 Å². The van der Waals surface area contributed by atoms with Gasteiger partial charge in [-0.15, -0.1) is 21.5 Å². The fourth-order valence-corrected chi connectivity index (χ4v) is 11.6.